The Kier molecular flexibility index (Phi) is 9.20. The van der Waals surface area contributed by atoms with Crippen LogP contribution >= 0.6 is 11.8 Å². The van der Waals surface area contributed by atoms with E-state index in [1.54, 1.807) is 0 Å². The molecule has 0 saturated carbocycles. The third-order valence-corrected chi connectivity index (χ3v) is 11.3. The lowest BCUT2D eigenvalue weighted by Gasteiger charge is -2.32. The van der Waals surface area contributed by atoms with Gasteiger partial charge in [-0.05, 0) is 84.7 Å². The fourth-order valence-electron chi connectivity index (χ4n) is 7.76. The molecule has 0 spiro atoms. The van der Waals surface area contributed by atoms with Crippen molar-refractivity contribution < 1.29 is 0 Å². The number of hydrogen-bond acceptors (Lipinski definition) is 3. The number of nitrogens with zero attached hydrogens (tertiary/aromatic N) is 2. The molecule has 3 aromatic rings. The third-order valence-electron chi connectivity index (χ3n) is 10.1. The first kappa shape index (κ1) is 31.5. The van der Waals surface area contributed by atoms with Crippen molar-refractivity contribution in [2.45, 2.75) is 95.4 Å². The molecule has 1 unspecified atom stereocenters. The van der Waals surface area contributed by atoms with Crippen LogP contribution in [0.1, 0.15) is 84.8 Å². The van der Waals surface area contributed by atoms with Gasteiger partial charge in [-0.3, -0.25) is 0 Å². The second kappa shape index (κ2) is 13.1. The molecule has 0 amide bonds. The summed E-state index contributed by atoms with van der Waals surface area (Å²) in [5.74, 6) is 0. The van der Waals surface area contributed by atoms with Crippen LogP contribution in [0.2, 0.25) is 0 Å². The molecule has 1 atom stereocenters. The van der Waals surface area contributed by atoms with Crippen LogP contribution in [0, 0.1) is 0 Å². The van der Waals surface area contributed by atoms with E-state index < -0.39 is 0 Å². The van der Waals surface area contributed by atoms with E-state index >= 15 is 0 Å². The number of fused-ring (bicyclic) bond motifs is 2. The average Bonchev–Trinajstić information content (AvgIpc) is 3.39. The summed E-state index contributed by atoms with van der Waals surface area (Å²) in [5, 5.41) is 0. The van der Waals surface area contributed by atoms with E-state index in [2.05, 4.69) is 155 Å². The molecule has 3 aliphatic rings. The van der Waals surface area contributed by atoms with Gasteiger partial charge in [-0.1, -0.05) is 126 Å². The third kappa shape index (κ3) is 5.97. The van der Waals surface area contributed by atoms with Gasteiger partial charge >= 0.3 is 0 Å². The Morgan fingerprint density at radius 1 is 0.756 bits per heavy atom. The molecule has 0 bridgehead atoms. The minimum absolute atomic E-state index is 0.0253. The van der Waals surface area contributed by atoms with Gasteiger partial charge in [0.1, 0.15) is 0 Å². The average molecular weight is 615 g/mol. The van der Waals surface area contributed by atoms with Gasteiger partial charge in [0, 0.05) is 50.8 Å². The molecule has 0 N–H and O–H groups in total. The van der Waals surface area contributed by atoms with Crippen LogP contribution in [0.15, 0.2) is 130 Å². The molecule has 0 aromatic heterocycles. The van der Waals surface area contributed by atoms with Crippen molar-refractivity contribution in [3.8, 4) is 0 Å². The normalized spacial score (nSPS) is 22.1. The molecule has 0 fully saturated rings. The fourth-order valence-corrected chi connectivity index (χ4v) is 8.89. The van der Waals surface area contributed by atoms with Crippen molar-refractivity contribution in [1.29, 1.82) is 0 Å². The van der Waals surface area contributed by atoms with E-state index in [-0.39, 0.29) is 10.8 Å². The Morgan fingerprint density at radius 3 is 2.16 bits per heavy atom. The molecule has 2 aliphatic heterocycles. The molecule has 2 nitrogen and oxygen atoms in total. The summed E-state index contributed by atoms with van der Waals surface area (Å²) in [7, 11) is 0. The Balaban J connectivity index is 1.41. The summed E-state index contributed by atoms with van der Waals surface area (Å²) in [6.07, 6.45) is 15.6. The molecule has 6 rings (SSSR count). The predicted octanol–water partition coefficient (Wildman–Crippen LogP) is 11.4. The Morgan fingerprint density at radius 2 is 1.42 bits per heavy atom. The summed E-state index contributed by atoms with van der Waals surface area (Å²) >= 11 is 1.95. The quantitative estimate of drug-likeness (QED) is 0.237. The molecule has 3 heteroatoms. The molecule has 234 valence electrons. The monoisotopic (exact) mass is 614 g/mol. The first-order chi connectivity index (χ1) is 21.8. The summed E-state index contributed by atoms with van der Waals surface area (Å²) in [6.45, 7) is 16.3. The molecular formula is C42H50N2S. The second-order valence-corrected chi connectivity index (χ2v) is 15.0. The van der Waals surface area contributed by atoms with Crippen LogP contribution in [0.3, 0.4) is 0 Å². The molecular weight excluding hydrogens is 565 g/mol. The van der Waals surface area contributed by atoms with Crippen molar-refractivity contribution >= 4 is 23.1 Å². The van der Waals surface area contributed by atoms with E-state index in [0.717, 1.165) is 38.8 Å². The summed E-state index contributed by atoms with van der Waals surface area (Å²) in [4.78, 5) is 7.95. The SMILES string of the molecule is CCCN1C(=CC=C2CCCC(C=CC3N(CCC)c4ccccc4C3(C)C)=C2Sc2ccccc2)C(C)(C)c2ccccc21. The highest BCUT2D eigenvalue weighted by Crippen LogP contribution is 2.49. The zero-order valence-electron chi connectivity index (χ0n) is 28.1. The van der Waals surface area contributed by atoms with E-state index in [0.29, 0.717) is 6.04 Å². The Bertz CT molecular complexity index is 1640. The smallest absolute Gasteiger partial charge is 0.0568 e. The first-order valence-electron chi connectivity index (χ1n) is 17.1. The van der Waals surface area contributed by atoms with Gasteiger partial charge in [0.15, 0.2) is 0 Å². The van der Waals surface area contributed by atoms with Crippen molar-refractivity contribution in [2.75, 3.05) is 22.9 Å². The van der Waals surface area contributed by atoms with Gasteiger partial charge in [-0.2, -0.15) is 0 Å². The minimum atomic E-state index is -0.0253. The van der Waals surface area contributed by atoms with Crippen molar-refractivity contribution in [3.05, 3.63) is 136 Å². The topological polar surface area (TPSA) is 6.48 Å². The maximum Gasteiger partial charge on any atom is 0.0568 e. The molecule has 2 heterocycles. The fraction of sp³-hybridized carbons (Fsp3) is 0.381. The Hall–Kier alpha value is -3.43. The zero-order chi connectivity index (χ0) is 31.6. The molecule has 1 aliphatic carbocycles. The number of thioether (sulfide) groups is 1. The minimum Gasteiger partial charge on any atom is -0.364 e. The van der Waals surface area contributed by atoms with Gasteiger partial charge in [-0.25, -0.2) is 0 Å². The number of rotatable bonds is 9. The highest BCUT2D eigenvalue weighted by molar-refractivity contribution is 8.03. The first-order valence-corrected chi connectivity index (χ1v) is 17.9. The highest BCUT2D eigenvalue weighted by Gasteiger charge is 2.43. The second-order valence-electron chi connectivity index (χ2n) is 13.9. The van der Waals surface area contributed by atoms with E-state index in [1.165, 1.54) is 55.6 Å². The molecule has 45 heavy (non-hydrogen) atoms. The summed E-state index contributed by atoms with van der Waals surface area (Å²) in [6, 6.07) is 29.3. The van der Waals surface area contributed by atoms with Crippen molar-refractivity contribution in [1.82, 2.24) is 0 Å². The Labute approximate surface area is 276 Å². The number of benzene rings is 3. The van der Waals surface area contributed by atoms with Crippen LogP contribution < -0.4 is 9.80 Å². The van der Waals surface area contributed by atoms with E-state index in [1.807, 2.05) is 11.8 Å². The van der Waals surface area contributed by atoms with E-state index in [9.17, 15) is 0 Å². The van der Waals surface area contributed by atoms with Gasteiger partial charge in [0.05, 0.1) is 6.04 Å². The number of allylic oxidation sites excluding steroid dienone is 6. The zero-order valence-corrected chi connectivity index (χ0v) is 29.0. The van der Waals surface area contributed by atoms with Crippen molar-refractivity contribution in [3.63, 3.8) is 0 Å². The van der Waals surface area contributed by atoms with Gasteiger partial charge in [0.25, 0.3) is 0 Å². The number of para-hydroxylation sites is 2. The van der Waals surface area contributed by atoms with Crippen LogP contribution in [-0.4, -0.2) is 19.1 Å². The number of anilines is 2. The standard InChI is InChI=1S/C42H50N2S/c1-7-29-43-36-23-14-12-21-34(36)41(3,4)38(43)27-25-31-17-16-18-32(40(31)45-33-19-10-9-11-20-33)26-28-39-42(5,6)35-22-13-15-24-37(35)44(39)30-8-2/h9-15,19-28,38H,7-8,16-18,29-30H2,1-6H3. The largest absolute Gasteiger partial charge is 0.364 e. The van der Waals surface area contributed by atoms with Crippen LogP contribution in [0.4, 0.5) is 11.4 Å². The van der Waals surface area contributed by atoms with Crippen LogP contribution in [0.25, 0.3) is 0 Å². The number of hydrogen-bond donors (Lipinski definition) is 0. The lowest BCUT2D eigenvalue weighted by molar-refractivity contribution is 0.473. The van der Waals surface area contributed by atoms with Crippen molar-refractivity contribution in [2.24, 2.45) is 0 Å². The van der Waals surface area contributed by atoms with Gasteiger partial charge in [-0.15, -0.1) is 0 Å². The highest BCUT2D eigenvalue weighted by atomic mass is 32.2. The molecule has 0 radical (unpaired) electrons. The van der Waals surface area contributed by atoms with E-state index in [4.69, 9.17) is 0 Å². The summed E-state index contributed by atoms with van der Waals surface area (Å²) in [5.41, 5.74) is 10.0. The van der Waals surface area contributed by atoms with Gasteiger partial charge in [0.2, 0.25) is 0 Å². The summed E-state index contributed by atoms with van der Waals surface area (Å²) < 4.78 is 0. The van der Waals surface area contributed by atoms with Crippen LogP contribution in [0.5, 0.6) is 0 Å². The molecule has 3 aromatic carbocycles. The lowest BCUT2D eigenvalue weighted by atomic mass is 9.80. The lowest BCUT2D eigenvalue weighted by Crippen LogP contribution is -2.40. The predicted molar refractivity (Wildman–Crippen MR) is 196 cm³/mol. The van der Waals surface area contributed by atoms with Crippen LogP contribution in [-0.2, 0) is 10.8 Å². The molecule has 0 saturated heterocycles. The van der Waals surface area contributed by atoms with Gasteiger partial charge < -0.3 is 9.80 Å². The maximum absolute atomic E-state index is 2.64. The maximum atomic E-state index is 2.64.